The first kappa shape index (κ1) is 23.0. The number of esters is 1. The fourth-order valence-corrected chi connectivity index (χ4v) is 4.14. The molecule has 0 radical (unpaired) electrons. The standard InChI is InChI=1S/C22H27BrN4O4/c1-6-31-16(28)10-11-22(2,3)20-24-18-17(19(29)26(5)21(30)25(18)4)27(20)13-14-8-7-9-15(23)12-14/h7-9,12H,6,10-11,13H2,1-5H3. The van der Waals surface area contributed by atoms with Gasteiger partial charge in [-0.2, -0.15) is 0 Å². The third-order valence-electron chi connectivity index (χ3n) is 5.44. The minimum absolute atomic E-state index is 0.234. The molecule has 8 nitrogen and oxygen atoms in total. The third-order valence-corrected chi connectivity index (χ3v) is 5.94. The molecule has 0 amide bonds. The Morgan fingerprint density at radius 1 is 1.19 bits per heavy atom. The average molecular weight is 491 g/mol. The van der Waals surface area contributed by atoms with Gasteiger partial charge in [0.25, 0.3) is 5.56 Å². The van der Waals surface area contributed by atoms with E-state index in [1.54, 1.807) is 14.0 Å². The molecule has 0 aliphatic heterocycles. The number of imidazole rings is 1. The number of hydrogen-bond acceptors (Lipinski definition) is 5. The van der Waals surface area contributed by atoms with Crippen LogP contribution in [0.4, 0.5) is 0 Å². The van der Waals surface area contributed by atoms with Gasteiger partial charge in [0.2, 0.25) is 0 Å². The Balaban J connectivity index is 2.21. The van der Waals surface area contributed by atoms with Gasteiger partial charge in [0.1, 0.15) is 5.82 Å². The Hall–Kier alpha value is -2.68. The second kappa shape index (κ2) is 8.82. The average Bonchev–Trinajstić information content (AvgIpc) is 3.10. The lowest BCUT2D eigenvalue weighted by Crippen LogP contribution is -2.37. The van der Waals surface area contributed by atoms with Crippen molar-refractivity contribution in [2.75, 3.05) is 6.61 Å². The van der Waals surface area contributed by atoms with E-state index in [0.717, 1.165) is 14.6 Å². The highest BCUT2D eigenvalue weighted by molar-refractivity contribution is 9.10. The molecular formula is C22H27BrN4O4. The van der Waals surface area contributed by atoms with Crippen molar-refractivity contribution in [3.63, 3.8) is 0 Å². The van der Waals surface area contributed by atoms with Crippen molar-refractivity contribution in [2.45, 2.75) is 45.6 Å². The predicted molar refractivity (Wildman–Crippen MR) is 122 cm³/mol. The van der Waals surface area contributed by atoms with Crippen molar-refractivity contribution in [2.24, 2.45) is 14.1 Å². The minimum atomic E-state index is -0.543. The minimum Gasteiger partial charge on any atom is -0.466 e. The van der Waals surface area contributed by atoms with Crippen molar-refractivity contribution in [3.8, 4) is 0 Å². The maximum Gasteiger partial charge on any atom is 0.332 e. The van der Waals surface area contributed by atoms with Gasteiger partial charge < -0.3 is 9.30 Å². The normalized spacial score (nSPS) is 11.8. The SMILES string of the molecule is CCOC(=O)CCC(C)(C)c1nc2c(c(=O)n(C)c(=O)n2C)n1Cc1cccc(Br)c1. The van der Waals surface area contributed by atoms with Crippen LogP contribution in [0.25, 0.3) is 11.2 Å². The third kappa shape index (κ3) is 4.51. The summed E-state index contributed by atoms with van der Waals surface area (Å²) >= 11 is 3.49. The van der Waals surface area contributed by atoms with Crippen LogP contribution < -0.4 is 11.2 Å². The van der Waals surface area contributed by atoms with Gasteiger partial charge in [0.15, 0.2) is 11.2 Å². The van der Waals surface area contributed by atoms with E-state index in [1.807, 2.05) is 42.7 Å². The highest BCUT2D eigenvalue weighted by Gasteiger charge is 2.31. The Labute approximate surface area is 188 Å². The maximum absolute atomic E-state index is 13.1. The molecule has 3 aromatic rings. The monoisotopic (exact) mass is 490 g/mol. The van der Waals surface area contributed by atoms with Crippen LogP contribution in [0, 0.1) is 0 Å². The van der Waals surface area contributed by atoms with E-state index in [-0.39, 0.29) is 12.4 Å². The summed E-state index contributed by atoms with van der Waals surface area (Å²) in [6, 6.07) is 7.81. The zero-order chi connectivity index (χ0) is 22.9. The number of carbonyl (C=O) groups is 1. The van der Waals surface area contributed by atoms with Crippen molar-refractivity contribution in [3.05, 3.63) is 61.0 Å². The molecule has 2 heterocycles. The van der Waals surface area contributed by atoms with Gasteiger partial charge in [-0.1, -0.05) is 41.9 Å². The van der Waals surface area contributed by atoms with Crippen molar-refractivity contribution >= 4 is 33.1 Å². The Morgan fingerprint density at radius 3 is 2.55 bits per heavy atom. The van der Waals surface area contributed by atoms with E-state index < -0.39 is 16.7 Å². The molecule has 0 spiro atoms. The van der Waals surface area contributed by atoms with Crippen molar-refractivity contribution in [1.29, 1.82) is 0 Å². The van der Waals surface area contributed by atoms with Crippen LogP contribution in [-0.2, 0) is 35.6 Å². The molecular weight excluding hydrogens is 464 g/mol. The number of hydrogen-bond donors (Lipinski definition) is 0. The van der Waals surface area contributed by atoms with Crippen molar-refractivity contribution < 1.29 is 9.53 Å². The molecule has 1 aromatic carbocycles. The number of nitrogens with zero attached hydrogens (tertiary/aromatic N) is 4. The largest absolute Gasteiger partial charge is 0.466 e. The summed E-state index contributed by atoms with van der Waals surface area (Å²) in [6.45, 7) is 6.47. The number of rotatable bonds is 7. The number of benzene rings is 1. The lowest BCUT2D eigenvalue weighted by Gasteiger charge is -2.25. The zero-order valence-corrected chi connectivity index (χ0v) is 20.0. The van der Waals surface area contributed by atoms with E-state index in [1.165, 1.54) is 11.6 Å². The summed E-state index contributed by atoms with van der Waals surface area (Å²) in [6.07, 6.45) is 0.722. The molecule has 0 bridgehead atoms. The molecule has 0 atom stereocenters. The van der Waals surface area contributed by atoms with Crippen LogP contribution in [0.3, 0.4) is 0 Å². The smallest absolute Gasteiger partial charge is 0.332 e. The highest BCUT2D eigenvalue weighted by atomic mass is 79.9. The summed E-state index contributed by atoms with van der Waals surface area (Å²) in [4.78, 5) is 42.2. The van der Waals surface area contributed by atoms with Gasteiger partial charge in [0, 0.05) is 36.9 Å². The number of ether oxygens (including phenoxy) is 1. The summed E-state index contributed by atoms with van der Waals surface area (Å²) in [5, 5.41) is 0. The Morgan fingerprint density at radius 2 is 1.90 bits per heavy atom. The zero-order valence-electron chi connectivity index (χ0n) is 18.4. The summed E-state index contributed by atoms with van der Waals surface area (Å²) < 4.78 is 10.3. The first-order valence-corrected chi connectivity index (χ1v) is 10.9. The number of carbonyl (C=O) groups excluding carboxylic acids is 1. The molecule has 0 fully saturated rings. The molecule has 166 valence electrons. The molecule has 3 rings (SSSR count). The first-order chi connectivity index (χ1) is 14.6. The molecule has 0 aliphatic carbocycles. The number of halogens is 1. The van der Waals surface area contributed by atoms with Crippen LogP contribution in [0.2, 0.25) is 0 Å². The van der Waals surface area contributed by atoms with Crippen LogP contribution in [0.15, 0.2) is 38.3 Å². The van der Waals surface area contributed by atoms with E-state index in [4.69, 9.17) is 9.72 Å². The second-order valence-electron chi connectivity index (χ2n) is 8.22. The topological polar surface area (TPSA) is 88.1 Å². The van der Waals surface area contributed by atoms with Gasteiger partial charge in [-0.3, -0.25) is 18.7 Å². The fourth-order valence-electron chi connectivity index (χ4n) is 3.69. The Kier molecular flexibility index (Phi) is 6.54. The van der Waals surface area contributed by atoms with E-state index in [2.05, 4.69) is 15.9 Å². The lowest BCUT2D eigenvalue weighted by molar-refractivity contribution is -0.143. The Bertz CT molecular complexity index is 1250. The van der Waals surface area contributed by atoms with E-state index in [0.29, 0.717) is 36.6 Å². The lowest BCUT2D eigenvalue weighted by atomic mass is 9.86. The summed E-state index contributed by atoms with van der Waals surface area (Å²) in [5.74, 6) is 0.374. The molecule has 0 unspecified atom stereocenters. The van der Waals surface area contributed by atoms with Crippen LogP contribution in [0.5, 0.6) is 0 Å². The molecule has 9 heteroatoms. The molecule has 0 saturated carbocycles. The van der Waals surface area contributed by atoms with Gasteiger partial charge in [-0.25, -0.2) is 9.78 Å². The first-order valence-electron chi connectivity index (χ1n) is 10.1. The van der Waals surface area contributed by atoms with Gasteiger partial charge >= 0.3 is 11.7 Å². The van der Waals surface area contributed by atoms with Gasteiger partial charge in [-0.15, -0.1) is 0 Å². The summed E-state index contributed by atoms with van der Waals surface area (Å²) in [7, 11) is 3.07. The molecule has 0 N–H and O–H groups in total. The van der Waals surface area contributed by atoms with Gasteiger partial charge in [0.05, 0.1) is 6.61 Å². The van der Waals surface area contributed by atoms with Crippen LogP contribution >= 0.6 is 15.9 Å². The van der Waals surface area contributed by atoms with Crippen LogP contribution in [-0.4, -0.2) is 31.3 Å². The fraction of sp³-hybridized carbons (Fsp3) is 0.455. The molecule has 31 heavy (non-hydrogen) atoms. The highest BCUT2D eigenvalue weighted by Crippen LogP contribution is 2.30. The number of aromatic nitrogens is 4. The molecule has 2 aromatic heterocycles. The molecule has 0 aliphatic rings. The van der Waals surface area contributed by atoms with E-state index in [9.17, 15) is 14.4 Å². The van der Waals surface area contributed by atoms with Crippen LogP contribution in [0.1, 0.15) is 45.0 Å². The molecule has 0 saturated heterocycles. The number of fused-ring (bicyclic) bond motifs is 1. The second-order valence-corrected chi connectivity index (χ2v) is 9.13. The number of aryl methyl sites for hydroxylation is 1. The van der Waals surface area contributed by atoms with Gasteiger partial charge in [-0.05, 0) is 31.0 Å². The quantitative estimate of drug-likeness (QED) is 0.475. The summed E-state index contributed by atoms with van der Waals surface area (Å²) in [5.41, 5.74) is 0.311. The van der Waals surface area contributed by atoms with E-state index >= 15 is 0 Å². The van der Waals surface area contributed by atoms with Crippen molar-refractivity contribution in [1.82, 2.24) is 18.7 Å². The maximum atomic E-state index is 13.1. The predicted octanol–water partition coefficient (Wildman–Crippen LogP) is 2.87.